The Bertz CT molecular complexity index is 540. The second-order valence-electron chi connectivity index (χ2n) is 4.38. The summed E-state index contributed by atoms with van der Waals surface area (Å²) < 4.78 is 0.863. The van der Waals surface area contributed by atoms with Gasteiger partial charge in [0.15, 0.2) is 0 Å². The van der Waals surface area contributed by atoms with Crippen LogP contribution in [0.15, 0.2) is 53.1 Å². The van der Waals surface area contributed by atoms with Crippen molar-refractivity contribution in [2.45, 2.75) is 12.8 Å². The lowest BCUT2D eigenvalue weighted by Crippen LogP contribution is -2.28. The van der Waals surface area contributed by atoms with Gasteiger partial charge in [0.1, 0.15) is 5.69 Å². The van der Waals surface area contributed by atoms with Crippen molar-refractivity contribution >= 4 is 21.8 Å². The second kappa shape index (κ2) is 6.48. The Hall–Kier alpha value is -1.68. The SMILES string of the molecule is CC(CNC(=O)c1ccc(Br)cn1)c1ccccc1. The Morgan fingerprint density at radius 1 is 1.26 bits per heavy atom. The van der Waals surface area contributed by atoms with Gasteiger partial charge >= 0.3 is 0 Å². The highest BCUT2D eigenvalue weighted by Crippen LogP contribution is 2.13. The molecule has 1 N–H and O–H groups in total. The topological polar surface area (TPSA) is 42.0 Å². The zero-order valence-electron chi connectivity index (χ0n) is 10.6. The highest BCUT2D eigenvalue weighted by atomic mass is 79.9. The summed E-state index contributed by atoms with van der Waals surface area (Å²) >= 11 is 3.29. The molecule has 2 aromatic rings. The van der Waals surface area contributed by atoms with E-state index in [1.54, 1.807) is 12.3 Å². The van der Waals surface area contributed by atoms with Crippen molar-refractivity contribution in [3.63, 3.8) is 0 Å². The molecule has 0 fully saturated rings. The van der Waals surface area contributed by atoms with Crippen LogP contribution in [0.3, 0.4) is 0 Å². The minimum Gasteiger partial charge on any atom is -0.350 e. The number of pyridine rings is 1. The average molecular weight is 319 g/mol. The first-order chi connectivity index (χ1) is 9.16. The van der Waals surface area contributed by atoms with E-state index in [0.29, 0.717) is 12.2 Å². The van der Waals surface area contributed by atoms with Crippen molar-refractivity contribution in [2.24, 2.45) is 0 Å². The lowest BCUT2D eigenvalue weighted by atomic mass is 10.0. The zero-order chi connectivity index (χ0) is 13.7. The summed E-state index contributed by atoms with van der Waals surface area (Å²) in [6.07, 6.45) is 1.62. The molecule has 1 heterocycles. The Balaban J connectivity index is 1.92. The number of nitrogens with zero attached hydrogens (tertiary/aromatic N) is 1. The summed E-state index contributed by atoms with van der Waals surface area (Å²) in [5.41, 5.74) is 1.65. The summed E-state index contributed by atoms with van der Waals surface area (Å²) in [6, 6.07) is 13.6. The smallest absolute Gasteiger partial charge is 0.269 e. The Morgan fingerprint density at radius 2 is 2.00 bits per heavy atom. The molecule has 2 rings (SSSR count). The third-order valence-corrected chi connectivity index (χ3v) is 3.37. The maximum Gasteiger partial charge on any atom is 0.269 e. The van der Waals surface area contributed by atoms with Crippen LogP contribution in [0.2, 0.25) is 0 Å². The molecule has 1 amide bonds. The number of nitrogens with one attached hydrogen (secondary N) is 1. The number of carbonyl (C=O) groups excluding carboxylic acids is 1. The fraction of sp³-hybridized carbons (Fsp3) is 0.200. The van der Waals surface area contributed by atoms with Crippen molar-refractivity contribution in [2.75, 3.05) is 6.54 Å². The zero-order valence-corrected chi connectivity index (χ0v) is 12.2. The molecule has 0 aliphatic heterocycles. The van der Waals surface area contributed by atoms with Crippen LogP contribution in [0.4, 0.5) is 0 Å². The van der Waals surface area contributed by atoms with E-state index in [1.807, 2.05) is 24.3 Å². The number of hydrogen-bond acceptors (Lipinski definition) is 2. The molecule has 0 aliphatic carbocycles. The molecule has 4 heteroatoms. The molecule has 0 saturated heterocycles. The van der Waals surface area contributed by atoms with Crippen LogP contribution in [0, 0.1) is 0 Å². The van der Waals surface area contributed by atoms with E-state index in [0.717, 1.165) is 4.47 Å². The predicted octanol–water partition coefficient (Wildman–Crippen LogP) is 3.38. The molecule has 98 valence electrons. The van der Waals surface area contributed by atoms with Crippen molar-refractivity contribution in [3.8, 4) is 0 Å². The third kappa shape index (κ3) is 3.89. The van der Waals surface area contributed by atoms with Crippen molar-refractivity contribution < 1.29 is 4.79 Å². The van der Waals surface area contributed by atoms with Crippen molar-refractivity contribution in [1.29, 1.82) is 0 Å². The van der Waals surface area contributed by atoms with Gasteiger partial charge in [0, 0.05) is 17.2 Å². The fourth-order valence-corrected chi connectivity index (χ4v) is 1.98. The number of rotatable bonds is 4. The quantitative estimate of drug-likeness (QED) is 0.939. The highest BCUT2D eigenvalue weighted by molar-refractivity contribution is 9.10. The number of hydrogen-bond donors (Lipinski definition) is 1. The summed E-state index contributed by atoms with van der Waals surface area (Å²) in [7, 11) is 0. The van der Waals surface area contributed by atoms with Crippen LogP contribution in [-0.2, 0) is 0 Å². The molecule has 0 aliphatic rings. The third-order valence-electron chi connectivity index (χ3n) is 2.90. The molecule has 0 saturated carbocycles. The lowest BCUT2D eigenvalue weighted by molar-refractivity contribution is 0.0946. The number of carbonyl (C=O) groups is 1. The van der Waals surface area contributed by atoms with E-state index >= 15 is 0 Å². The van der Waals surface area contributed by atoms with Gasteiger partial charge in [0.25, 0.3) is 5.91 Å². The lowest BCUT2D eigenvalue weighted by Gasteiger charge is -2.12. The molecule has 1 unspecified atom stereocenters. The van der Waals surface area contributed by atoms with Gasteiger partial charge in [0.2, 0.25) is 0 Å². The van der Waals surface area contributed by atoms with Gasteiger partial charge in [-0.05, 0) is 39.5 Å². The standard InChI is InChI=1S/C15H15BrN2O/c1-11(12-5-3-2-4-6-12)9-18-15(19)14-8-7-13(16)10-17-14/h2-8,10-11H,9H2,1H3,(H,18,19). The summed E-state index contributed by atoms with van der Waals surface area (Å²) in [4.78, 5) is 16.0. The average Bonchev–Trinajstić information content (AvgIpc) is 2.46. The van der Waals surface area contributed by atoms with Crippen LogP contribution in [0.5, 0.6) is 0 Å². The Kier molecular flexibility index (Phi) is 4.68. The number of aromatic nitrogens is 1. The minimum absolute atomic E-state index is 0.143. The first-order valence-corrected chi connectivity index (χ1v) is 6.91. The van der Waals surface area contributed by atoms with Crippen LogP contribution in [0.25, 0.3) is 0 Å². The molecule has 1 aromatic carbocycles. The first-order valence-electron chi connectivity index (χ1n) is 6.11. The van der Waals surface area contributed by atoms with E-state index in [9.17, 15) is 4.79 Å². The summed E-state index contributed by atoms with van der Waals surface area (Å²) in [6.45, 7) is 2.69. The van der Waals surface area contributed by atoms with Gasteiger partial charge in [-0.15, -0.1) is 0 Å². The van der Waals surface area contributed by atoms with Crippen LogP contribution < -0.4 is 5.32 Å². The van der Waals surface area contributed by atoms with E-state index in [2.05, 4.69) is 45.3 Å². The van der Waals surface area contributed by atoms with Crippen molar-refractivity contribution in [3.05, 3.63) is 64.4 Å². The number of amides is 1. The minimum atomic E-state index is -0.143. The Morgan fingerprint density at radius 3 is 2.63 bits per heavy atom. The van der Waals surface area contributed by atoms with Gasteiger partial charge < -0.3 is 5.32 Å². The van der Waals surface area contributed by atoms with Crippen LogP contribution in [0.1, 0.15) is 28.9 Å². The molecular formula is C15H15BrN2O. The van der Waals surface area contributed by atoms with E-state index in [1.165, 1.54) is 5.56 Å². The largest absolute Gasteiger partial charge is 0.350 e. The molecule has 1 atom stereocenters. The monoisotopic (exact) mass is 318 g/mol. The van der Waals surface area contributed by atoms with E-state index in [4.69, 9.17) is 0 Å². The van der Waals surface area contributed by atoms with E-state index < -0.39 is 0 Å². The summed E-state index contributed by atoms with van der Waals surface area (Å²) in [5.74, 6) is 0.135. The number of halogens is 1. The fourth-order valence-electron chi connectivity index (χ4n) is 1.75. The van der Waals surface area contributed by atoms with Crippen LogP contribution in [-0.4, -0.2) is 17.4 Å². The maximum absolute atomic E-state index is 11.9. The Labute approximate surface area is 121 Å². The summed E-state index contributed by atoms with van der Waals surface area (Å²) in [5, 5.41) is 2.90. The molecule has 19 heavy (non-hydrogen) atoms. The molecule has 3 nitrogen and oxygen atoms in total. The van der Waals surface area contributed by atoms with Crippen molar-refractivity contribution in [1.82, 2.24) is 10.3 Å². The van der Waals surface area contributed by atoms with Gasteiger partial charge in [-0.25, -0.2) is 4.98 Å². The van der Waals surface area contributed by atoms with E-state index in [-0.39, 0.29) is 11.8 Å². The molecule has 0 bridgehead atoms. The van der Waals surface area contributed by atoms with Crippen LogP contribution >= 0.6 is 15.9 Å². The predicted molar refractivity (Wildman–Crippen MR) is 79.1 cm³/mol. The molecule has 0 radical (unpaired) electrons. The van der Waals surface area contributed by atoms with Gasteiger partial charge in [0.05, 0.1) is 0 Å². The maximum atomic E-state index is 11.9. The molecular weight excluding hydrogens is 304 g/mol. The molecule has 0 spiro atoms. The number of benzene rings is 1. The normalized spacial score (nSPS) is 11.9. The van der Waals surface area contributed by atoms with Gasteiger partial charge in [-0.3, -0.25) is 4.79 Å². The highest BCUT2D eigenvalue weighted by Gasteiger charge is 2.10. The molecule has 1 aromatic heterocycles. The first kappa shape index (κ1) is 13.7. The second-order valence-corrected chi connectivity index (χ2v) is 5.30. The van der Waals surface area contributed by atoms with Gasteiger partial charge in [-0.2, -0.15) is 0 Å². The van der Waals surface area contributed by atoms with Gasteiger partial charge in [-0.1, -0.05) is 37.3 Å².